The van der Waals surface area contributed by atoms with Gasteiger partial charge in [-0.1, -0.05) is 18.2 Å². The molecule has 6 heteroatoms. The van der Waals surface area contributed by atoms with Crippen LogP contribution in [0.25, 0.3) is 0 Å². The molecule has 0 heterocycles. The first-order valence-electron chi connectivity index (χ1n) is 6.59. The first kappa shape index (κ1) is 14.0. The summed E-state index contributed by atoms with van der Waals surface area (Å²) in [5, 5.41) is 2.64. The first-order chi connectivity index (χ1) is 9.66. The Morgan fingerprint density at radius 1 is 1.05 bits per heavy atom. The number of amides is 3. The molecule has 1 aliphatic rings. The second-order valence-corrected chi connectivity index (χ2v) is 4.68. The molecular weight excluding hydrogens is 258 g/mol. The van der Waals surface area contributed by atoms with Gasteiger partial charge in [0.15, 0.2) is 0 Å². The number of nitrogens with one attached hydrogen (secondary N) is 3. The van der Waals surface area contributed by atoms with E-state index in [9.17, 15) is 14.4 Å². The molecule has 0 radical (unpaired) electrons. The molecule has 0 saturated heterocycles. The van der Waals surface area contributed by atoms with Crippen molar-refractivity contribution in [1.82, 2.24) is 16.2 Å². The highest BCUT2D eigenvalue weighted by molar-refractivity contribution is 5.94. The van der Waals surface area contributed by atoms with Crippen LogP contribution in [0.15, 0.2) is 30.3 Å². The van der Waals surface area contributed by atoms with E-state index < -0.39 is 0 Å². The van der Waals surface area contributed by atoms with Crippen LogP contribution in [0.1, 0.15) is 29.6 Å². The molecule has 6 nitrogen and oxygen atoms in total. The molecule has 0 unspecified atom stereocenters. The van der Waals surface area contributed by atoms with E-state index in [1.54, 1.807) is 24.3 Å². The molecule has 3 amide bonds. The quantitative estimate of drug-likeness (QED) is 0.678. The van der Waals surface area contributed by atoms with Crippen molar-refractivity contribution in [3.63, 3.8) is 0 Å². The Kier molecular flexibility index (Phi) is 4.70. The van der Waals surface area contributed by atoms with E-state index in [1.807, 2.05) is 6.07 Å². The van der Waals surface area contributed by atoms with Gasteiger partial charge in [0, 0.05) is 24.4 Å². The average Bonchev–Trinajstić information content (AvgIpc) is 3.30. The minimum atomic E-state index is -0.327. The highest BCUT2D eigenvalue weighted by Crippen LogP contribution is 2.28. The molecule has 1 aromatic rings. The lowest BCUT2D eigenvalue weighted by molar-refractivity contribution is -0.129. The lowest BCUT2D eigenvalue weighted by Crippen LogP contribution is -2.43. The standard InChI is InChI=1S/C14H17N3O3/c18-12(16-17-14(20)11-6-7-11)8-9-15-13(19)10-4-2-1-3-5-10/h1-5,11H,6-9H2,(H,15,19)(H,16,18)(H,17,20). The predicted octanol–water partition coefficient (Wildman–Crippen LogP) is 0.364. The van der Waals surface area contributed by atoms with Gasteiger partial charge in [0.05, 0.1) is 0 Å². The summed E-state index contributed by atoms with van der Waals surface area (Å²) in [4.78, 5) is 34.4. The van der Waals surface area contributed by atoms with Crippen molar-refractivity contribution in [3.8, 4) is 0 Å². The fraction of sp³-hybridized carbons (Fsp3) is 0.357. The van der Waals surface area contributed by atoms with Crippen LogP contribution in [-0.2, 0) is 9.59 Å². The molecule has 106 valence electrons. The van der Waals surface area contributed by atoms with Gasteiger partial charge in [-0.05, 0) is 25.0 Å². The zero-order valence-electron chi connectivity index (χ0n) is 11.0. The van der Waals surface area contributed by atoms with Gasteiger partial charge in [0.25, 0.3) is 5.91 Å². The Labute approximate surface area is 116 Å². The fourth-order valence-corrected chi connectivity index (χ4v) is 1.62. The number of benzene rings is 1. The van der Waals surface area contributed by atoms with Crippen LogP contribution in [0.2, 0.25) is 0 Å². The number of hydrazine groups is 1. The van der Waals surface area contributed by atoms with Gasteiger partial charge in [-0.3, -0.25) is 25.2 Å². The smallest absolute Gasteiger partial charge is 0.251 e. The SMILES string of the molecule is O=C(CCNC(=O)c1ccccc1)NNC(=O)C1CC1. The molecular formula is C14H17N3O3. The maximum absolute atomic E-state index is 11.7. The van der Waals surface area contributed by atoms with Gasteiger partial charge in [-0.15, -0.1) is 0 Å². The van der Waals surface area contributed by atoms with Gasteiger partial charge < -0.3 is 5.32 Å². The van der Waals surface area contributed by atoms with Gasteiger partial charge >= 0.3 is 0 Å². The third-order valence-corrected chi connectivity index (χ3v) is 2.95. The van der Waals surface area contributed by atoms with Crippen molar-refractivity contribution in [2.75, 3.05) is 6.54 Å². The predicted molar refractivity (Wildman–Crippen MR) is 72.4 cm³/mol. The van der Waals surface area contributed by atoms with Crippen molar-refractivity contribution >= 4 is 17.7 Å². The van der Waals surface area contributed by atoms with Crippen molar-refractivity contribution in [1.29, 1.82) is 0 Å². The molecule has 1 saturated carbocycles. The molecule has 1 aliphatic carbocycles. The molecule has 2 rings (SSSR count). The van der Waals surface area contributed by atoms with Gasteiger partial charge in [-0.2, -0.15) is 0 Å². The molecule has 0 bridgehead atoms. The number of hydrogen-bond acceptors (Lipinski definition) is 3. The molecule has 0 spiro atoms. The van der Waals surface area contributed by atoms with E-state index in [4.69, 9.17) is 0 Å². The van der Waals surface area contributed by atoms with Crippen LogP contribution in [-0.4, -0.2) is 24.3 Å². The summed E-state index contributed by atoms with van der Waals surface area (Å²) in [6.45, 7) is 0.221. The number of rotatable bonds is 5. The first-order valence-corrected chi connectivity index (χ1v) is 6.59. The molecule has 0 aliphatic heterocycles. The summed E-state index contributed by atoms with van der Waals surface area (Å²) >= 11 is 0. The Morgan fingerprint density at radius 2 is 1.75 bits per heavy atom. The van der Waals surface area contributed by atoms with Crippen molar-refractivity contribution in [2.45, 2.75) is 19.3 Å². The lowest BCUT2D eigenvalue weighted by atomic mass is 10.2. The highest BCUT2D eigenvalue weighted by atomic mass is 16.2. The minimum absolute atomic E-state index is 0.0492. The van der Waals surface area contributed by atoms with E-state index in [-0.39, 0.29) is 36.6 Å². The summed E-state index contributed by atoms with van der Waals surface area (Å²) in [6.07, 6.45) is 1.88. The Balaban J connectivity index is 1.61. The monoisotopic (exact) mass is 275 g/mol. The minimum Gasteiger partial charge on any atom is -0.352 e. The summed E-state index contributed by atoms with van der Waals surface area (Å²) in [7, 11) is 0. The van der Waals surface area contributed by atoms with Crippen molar-refractivity contribution < 1.29 is 14.4 Å². The second kappa shape index (κ2) is 6.70. The van der Waals surface area contributed by atoms with E-state index in [0.29, 0.717) is 5.56 Å². The van der Waals surface area contributed by atoms with Gasteiger partial charge in [0.1, 0.15) is 0 Å². The molecule has 1 aromatic carbocycles. The van der Waals surface area contributed by atoms with E-state index in [2.05, 4.69) is 16.2 Å². The molecule has 0 aromatic heterocycles. The fourth-order valence-electron chi connectivity index (χ4n) is 1.62. The number of carbonyl (C=O) groups is 3. The topological polar surface area (TPSA) is 87.3 Å². The third kappa shape index (κ3) is 4.38. The number of hydrogen-bond donors (Lipinski definition) is 3. The molecule has 1 fully saturated rings. The van der Waals surface area contributed by atoms with E-state index in [1.165, 1.54) is 0 Å². The summed E-state index contributed by atoms with van der Waals surface area (Å²) in [5.41, 5.74) is 5.24. The van der Waals surface area contributed by atoms with Crippen molar-refractivity contribution in [3.05, 3.63) is 35.9 Å². The Morgan fingerprint density at radius 3 is 2.40 bits per heavy atom. The Hall–Kier alpha value is -2.37. The van der Waals surface area contributed by atoms with Crippen LogP contribution < -0.4 is 16.2 Å². The lowest BCUT2D eigenvalue weighted by Gasteiger charge is -2.07. The zero-order valence-corrected chi connectivity index (χ0v) is 11.0. The molecule has 3 N–H and O–H groups in total. The van der Waals surface area contributed by atoms with Crippen LogP contribution in [0, 0.1) is 5.92 Å². The average molecular weight is 275 g/mol. The highest BCUT2D eigenvalue weighted by Gasteiger charge is 2.29. The molecule has 20 heavy (non-hydrogen) atoms. The van der Waals surface area contributed by atoms with Gasteiger partial charge in [-0.25, -0.2) is 0 Å². The number of carbonyl (C=O) groups excluding carboxylic acids is 3. The van der Waals surface area contributed by atoms with Crippen LogP contribution in [0.3, 0.4) is 0 Å². The van der Waals surface area contributed by atoms with Crippen molar-refractivity contribution in [2.24, 2.45) is 5.92 Å². The van der Waals surface area contributed by atoms with Crippen LogP contribution >= 0.6 is 0 Å². The zero-order chi connectivity index (χ0) is 14.4. The largest absolute Gasteiger partial charge is 0.352 e. The Bertz CT molecular complexity index is 498. The third-order valence-electron chi connectivity index (χ3n) is 2.95. The summed E-state index contributed by atoms with van der Waals surface area (Å²) in [5.74, 6) is -0.646. The van der Waals surface area contributed by atoms with E-state index >= 15 is 0 Å². The normalized spacial score (nSPS) is 13.4. The van der Waals surface area contributed by atoms with E-state index in [0.717, 1.165) is 12.8 Å². The van der Waals surface area contributed by atoms with Crippen LogP contribution in [0.5, 0.6) is 0 Å². The van der Waals surface area contributed by atoms with Crippen LogP contribution in [0.4, 0.5) is 0 Å². The van der Waals surface area contributed by atoms with Gasteiger partial charge in [0.2, 0.25) is 11.8 Å². The second-order valence-electron chi connectivity index (χ2n) is 4.68. The maximum atomic E-state index is 11.7. The molecule has 0 atom stereocenters. The summed E-state index contributed by atoms with van der Waals surface area (Å²) < 4.78 is 0. The summed E-state index contributed by atoms with van der Waals surface area (Å²) in [6, 6.07) is 8.77. The maximum Gasteiger partial charge on any atom is 0.251 e.